The fraction of sp³-hybridized carbons (Fsp3) is 0.600. The monoisotopic (exact) mass is 231 g/mol. The predicted molar refractivity (Wildman–Crippen MR) is 68.6 cm³/mol. The van der Waals surface area contributed by atoms with Crippen molar-refractivity contribution in [1.29, 1.82) is 0 Å². The van der Waals surface area contributed by atoms with Crippen LogP contribution in [0.25, 0.3) is 0 Å². The van der Waals surface area contributed by atoms with Crippen LogP contribution < -0.4 is 0 Å². The summed E-state index contributed by atoms with van der Waals surface area (Å²) >= 11 is 0. The van der Waals surface area contributed by atoms with E-state index in [9.17, 15) is 0 Å². The number of likely N-dealkylation sites (tertiary alicyclic amines) is 1. The Balaban J connectivity index is 1.55. The van der Waals surface area contributed by atoms with Gasteiger partial charge in [-0.15, -0.1) is 0 Å². The minimum Gasteiger partial charge on any atom is -0.396 e. The second-order valence-electron chi connectivity index (χ2n) is 5.90. The number of benzene rings is 1. The van der Waals surface area contributed by atoms with Crippen LogP contribution in [0, 0.1) is 11.3 Å². The van der Waals surface area contributed by atoms with E-state index in [2.05, 4.69) is 35.2 Å². The molecule has 1 aromatic carbocycles. The molecule has 0 aromatic heterocycles. The lowest BCUT2D eigenvalue weighted by Gasteiger charge is -2.44. The molecule has 2 nitrogen and oxygen atoms in total. The average molecular weight is 231 g/mol. The van der Waals surface area contributed by atoms with Gasteiger partial charge in [-0.1, -0.05) is 30.3 Å². The first kappa shape index (κ1) is 11.2. The third-order valence-corrected chi connectivity index (χ3v) is 4.47. The second-order valence-corrected chi connectivity index (χ2v) is 5.90. The Morgan fingerprint density at radius 3 is 2.71 bits per heavy atom. The SMILES string of the molecule is OCC1CC2(CCN(Cc3ccccc3)C2)C1. The van der Waals surface area contributed by atoms with Crippen molar-refractivity contribution in [2.45, 2.75) is 25.8 Å². The summed E-state index contributed by atoms with van der Waals surface area (Å²) in [5.41, 5.74) is 1.98. The molecule has 0 unspecified atom stereocenters. The molecule has 1 spiro atoms. The van der Waals surface area contributed by atoms with Gasteiger partial charge in [-0.25, -0.2) is 0 Å². The summed E-state index contributed by atoms with van der Waals surface area (Å²) in [7, 11) is 0. The summed E-state index contributed by atoms with van der Waals surface area (Å²) in [6.07, 6.45) is 3.82. The van der Waals surface area contributed by atoms with E-state index >= 15 is 0 Å². The van der Waals surface area contributed by atoms with Crippen LogP contribution in [0.2, 0.25) is 0 Å². The zero-order valence-corrected chi connectivity index (χ0v) is 10.3. The summed E-state index contributed by atoms with van der Waals surface area (Å²) in [5, 5.41) is 9.12. The molecule has 0 radical (unpaired) electrons. The Bertz CT molecular complexity index is 370. The van der Waals surface area contributed by atoms with Gasteiger partial charge < -0.3 is 5.11 Å². The molecule has 1 aliphatic heterocycles. The second kappa shape index (κ2) is 4.43. The maximum absolute atomic E-state index is 9.12. The van der Waals surface area contributed by atoms with Crippen molar-refractivity contribution >= 4 is 0 Å². The minimum atomic E-state index is 0.389. The first-order valence-electron chi connectivity index (χ1n) is 6.67. The average Bonchev–Trinajstić information content (AvgIpc) is 2.72. The van der Waals surface area contributed by atoms with Gasteiger partial charge in [0.15, 0.2) is 0 Å². The Hall–Kier alpha value is -0.860. The third-order valence-electron chi connectivity index (χ3n) is 4.47. The van der Waals surface area contributed by atoms with E-state index in [1.54, 1.807) is 0 Å². The summed E-state index contributed by atoms with van der Waals surface area (Å²) in [6, 6.07) is 10.7. The molecule has 1 saturated heterocycles. The van der Waals surface area contributed by atoms with Gasteiger partial charge in [0.1, 0.15) is 0 Å². The maximum atomic E-state index is 9.12. The summed E-state index contributed by atoms with van der Waals surface area (Å²) < 4.78 is 0. The van der Waals surface area contributed by atoms with Gasteiger partial charge in [0.25, 0.3) is 0 Å². The van der Waals surface area contributed by atoms with Crippen LogP contribution in [-0.4, -0.2) is 29.7 Å². The fourth-order valence-electron chi connectivity index (χ4n) is 3.63. The Morgan fingerprint density at radius 1 is 1.24 bits per heavy atom. The molecule has 1 saturated carbocycles. The lowest BCUT2D eigenvalue weighted by Crippen LogP contribution is -2.41. The highest BCUT2D eigenvalue weighted by molar-refractivity contribution is 5.15. The number of aliphatic hydroxyl groups excluding tert-OH is 1. The number of aliphatic hydroxyl groups is 1. The van der Waals surface area contributed by atoms with Crippen molar-refractivity contribution in [3.05, 3.63) is 35.9 Å². The molecule has 1 N–H and O–H groups in total. The molecule has 92 valence electrons. The lowest BCUT2D eigenvalue weighted by atomic mass is 9.62. The number of hydrogen-bond donors (Lipinski definition) is 1. The predicted octanol–water partition coefficient (Wildman–Crippen LogP) is 2.28. The highest BCUT2D eigenvalue weighted by Crippen LogP contribution is 2.51. The van der Waals surface area contributed by atoms with Crippen LogP contribution in [0.3, 0.4) is 0 Å². The van der Waals surface area contributed by atoms with Crippen molar-refractivity contribution in [2.24, 2.45) is 11.3 Å². The maximum Gasteiger partial charge on any atom is 0.0459 e. The van der Waals surface area contributed by atoms with Crippen molar-refractivity contribution in [3.8, 4) is 0 Å². The van der Waals surface area contributed by atoms with E-state index in [1.165, 1.54) is 37.9 Å². The molecular formula is C15H21NO. The van der Waals surface area contributed by atoms with Crippen LogP contribution in [0.5, 0.6) is 0 Å². The third kappa shape index (κ3) is 2.24. The zero-order chi connectivity index (χ0) is 11.7. The molecule has 1 heterocycles. The Kier molecular flexibility index (Phi) is 2.93. The highest BCUT2D eigenvalue weighted by atomic mass is 16.3. The Morgan fingerprint density at radius 2 is 2.00 bits per heavy atom. The van der Waals surface area contributed by atoms with Crippen molar-refractivity contribution in [3.63, 3.8) is 0 Å². The molecule has 2 fully saturated rings. The van der Waals surface area contributed by atoms with Gasteiger partial charge >= 0.3 is 0 Å². The largest absolute Gasteiger partial charge is 0.396 e. The Labute approximate surface area is 103 Å². The van der Waals surface area contributed by atoms with Crippen molar-refractivity contribution in [1.82, 2.24) is 4.90 Å². The van der Waals surface area contributed by atoms with Crippen molar-refractivity contribution in [2.75, 3.05) is 19.7 Å². The van der Waals surface area contributed by atoms with Crippen LogP contribution >= 0.6 is 0 Å². The van der Waals surface area contributed by atoms with Gasteiger partial charge in [-0.05, 0) is 42.7 Å². The van der Waals surface area contributed by atoms with Gasteiger partial charge in [-0.2, -0.15) is 0 Å². The fourth-order valence-corrected chi connectivity index (χ4v) is 3.63. The quantitative estimate of drug-likeness (QED) is 0.862. The molecule has 2 heteroatoms. The van der Waals surface area contributed by atoms with E-state index in [1.807, 2.05) is 0 Å². The first-order valence-corrected chi connectivity index (χ1v) is 6.67. The summed E-state index contributed by atoms with van der Waals surface area (Å²) in [6.45, 7) is 3.94. The molecule has 0 amide bonds. The van der Waals surface area contributed by atoms with Crippen LogP contribution in [0.15, 0.2) is 30.3 Å². The number of nitrogens with zero attached hydrogens (tertiary/aromatic N) is 1. The van der Waals surface area contributed by atoms with Crippen molar-refractivity contribution < 1.29 is 5.11 Å². The normalized spacial score (nSPS) is 32.9. The van der Waals surface area contributed by atoms with E-state index in [-0.39, 0.29) is 0 Å². The van der Waals surface area contributed by atoms with Crippen LogP contribution in [0.1, 0.15) is 24.8 Å². The van der Waals surface area contributed by atoms with E-state index < -0.39 is 0 Å². The number of rotatable bonds is 3. The lowest BCUT2D eigenvalue weighted by molar-refractivity contribution is 0.0234. The first-order chi connectivity index (χ1) is 8.30. The molecule has 17 heavy (non-hydrogen) atoms. The van der Waals surface area contributed by atoms with Gasteiger partial charge in [-0.3, -0.25) is 4.90 Å². The standard InChI is InChI=1S/C15H21NO/c17-11-14-8-15(9-14)6-7-16(12-15)10-13-4-2-1-3-5-13/h1-5,14,17H,6-12H2. The van der Waals surface area contributed by atoms with E-state index in [4.69, 9.17) is 5.11 Å². The highest BCUT2D eigenvalue weighted by Gasteiger charge is 2.47. The molecular weight excluding hydrogens is 210 g/mol. The van der Waals surface area contributed by atoms with Gasteiger partial charge in [0.2, 0.25) is 0 Å². The summed E-state index contributed by atoms with van der Waals surface area (Å²) in [5.74, 6) is 0.590. The van der Waals surface area contributed by atoms with E-state index in [0.717, 1.165) is 6.54 Å². The van der Waals surface area contributed by atoms with Gasteiger partial charge in [0, 0.05) is 19.7 Å². The van der Waals surface area contributed by atoms with Crippen LogP contribution in [0.4, 0.5) is 0 Å². The van der Waals surface area contributed by atoms with E-state index in [0.29, 0.717) is 17.9 Å². The van der Waals surface area contributed by atoms with Gasteiger partial charge in [0.05, 0.1) is 0 Å². The zero-order valence-electron chi connectivity index (χ0n) is 10.3. The smallest absolute Gasteiger partial charge is 0.0459 e. The van der Waals surface area contributed by atoms with Crippen LogP contribution in [-0.2, 0) is 6.54 Å². The molecule has 2 aliphatic rings. The molecule has 1 aromatic rings. The number of hydrogen-bond acceptors (Lipinski definition) is 2. The molecule has 1 aliphatic carbocycles. The molecule has 3 rings (SSSR count). The molecule has 0 atom stereocenters. The summed E-state index contributed by atoms with van der Waals surface area (Å²) in [4.78, 5) is 2.57. The topological polar surface area (TPSA) is 23.5 Å². The molecule has 0 bridgehead atoms. The minimum absolute atomic E-state index is 0.389.